The van der Waals surface area contributed by atoms with Gasteiger partial charge in [0, 0.05) is 28.8 Å². The second kappa shape index (κ2) is 8.67. The number of rotatable bonds is 7. The van der Waals surface area contributed by atoms with Gasteiger partial charge in [0.25, 0.3) is 5.91 Å². The van der Waals surface area contributed by atoms with E-state index in [0.29, 0.717) is 17.4 Å². The third-order valence-corrected chi connectivity index (χ3v) is 6.59. The van der Waals surface area contributed by atoms with E-state index in [1.54, 1.807) is 12.1 Å². The van der Waals surface area contributed by atoms with Crippen LogP contribution in [0, 0.1) is 5.82 Å². The summed E-state index contributed by atoms with van der Waals surface area (Å²) in [4.78, 5) is 20.5. The number of hydrogen-bond donors (Lipinski definition) is 2. The largest absolute Gasteiger partial charge is 0.494 e. The van der Waals surface area contributed by atoms with Crippen LogP contribution in [0.25, 0.3) is 22.2 Å². The number of nitrogens with one attached hydrogen (secondary N) is 2. The average molecular weight is 448 g/mol. The Morgan fingerprint density at radius 3 is 2.75 bits per heavy atom. The molecule has 4 aromatic rings. The fraction of sp³-hybridized carbons (Fsp3) is 0.200. The molecule has 0 atom stereocenters. The highest BCUT2D eigenvalue weighted by atomic mass is 32.2. The Morgan fingerprint density at radius 1 is 1.19 bits per heavy atom. The molecule has 2 heterocycles. The fourth-order valence-electron chi connectivity index (χ4n) is 3.70. The predicted octanol–water partition coefficient (Wildman–Crippen LogP) is 5.51. The topological polar surface area (TPSA) is 67.0 Å². The van der Waals surface area contributed by atoms with Gasteiger partial charge in [-0.2, -0.15) is 0 Å². The van der Waals surface area contributed by atoms with Gasteiger partial charge in [-0.1, -0.05) is 36.4 Å². The number of carbonyl (C=O) groups excluding carboxylic acids is 1. The summed E-state index contributed by atoms with van der Waals surface area (Å²) in [6.45, 7) is 0. The van der Waals surface area contributed by atoms with E-state index in [-0.39, 0.29) is 11.7 Å². The normalized spacial score (nSPS) is 13.3. The molecule has 5 nitrogen and oxygen atoms in total. The number of halogens is 1. The molecular weight excluding hydrogens is 425 g/mol. The number of aromatic nitrogens is 2. The zero-order chi connectivity index (χ0) is 22.1. The number of fused-ring (bicyclic) bond motifs is 1. The molecule has 0 spiro atoms. The molecule has 1 fully saturated rings. The molecule has 7 heteroatoms. The number of aromatic amines is 1. The van der Waals surface area contributed by atoms with Crippen LogP contribution < -0.4 is 9.46 Å². The Bertz CT molecular complexity index is 1290. The molecule has 1 aliphatic carbocycles. The maximum atomic E-state index is 14.6. The highest BCUT2D eigenvalue weighted by molar-refractivity contribution is 7.98. The molecule has 32 heavy (non-hydrogen) atoms. The van der Waals surface area contributed by atoms with Gasteiger partial charge >= 0.3 is 0 Å². The van der Waals surface area contributed by atoms with Crippen LogP contribution in [0.2, 0.25) is 0 Å². The van der Waals surface area contributed by atoms with Crippen molar-refractivity contribution in [3.63, 3.8) is 0 Å². The van der Waals surface area contributed by atoms with E-state index >= 15 is 0 Å². The Morgan fingerprint density at radius 2 is 2.00 bits per heavy atom. The average Bonchev–Trinajstić information content (AvgIpc) is 3.60. The second-order valence-electron chi connectivity index (χ2n) is 7.82. The third-order valence-electron chi connectivity index (χ3n) is 5.48. The van der Waals surface area contributed by atoms with Crippen molar-refractivity contribution in [1.82, 2.24) is 14.7 Å². The Labute approximate surface area is 189 Å². The summed E-state index contributed by atoms with van der Waals surface area (Å²) in [5, 5.41) is 1.29. The number of nitrogens with zero attached hydrogens (tertiary/aromatic N) is 1. The van der Waals surface area contributed by atoms with Crippen LogP contribution in [0.15, 0.2) is 60.7 Å². The van der Waals surface area contributed by atoms with Gasteiger partial charge in [-0.3, -0.25) is 9.52 Å². The number of pyridine rings is 1. The number of carbonyl (C=O) groups is 1. The van der Waals surface area contributed by atoms with E-state index in [0.717, 1.165) is 46.3 Å². The van der Waals surface area contributed by atoms with E-state index in [4.69, 9.17) is 4.74 Å². The van der Waals surface area contributed by atoms with E-state index in [1.165, 1.54) is 25.1 Å². The maximum absolute atomic E-state index is 14.6. The quantitative estimate of drug-likeness (QED) is 0.367. The number of methoxy groups -OCH3 is 1. The minimum absolute atomic E-state index is 0.190. The lowest BCUT2D eigenvalue weighted by molar-refractivity contribution is 0.0979. The highest BCUT2D eigenvalue weighted by Crippen LogP contribution is 2.35. The molecule has 2 aromatic heterocycles. The lowest BCUT2D eigenvalue weighted by Gasteiger charge is -2.08. The van der Waals surface area contributed by atoms with Crippen LogP contribution in [0.5, 0.6) is 5.75 Å². The molecule has 0 saturated heterocycles. The van der Waals surface area contributed by atoms with E-state index in [1.807, 2.05) is 42.5 Å². The molecule has 1 aliphatic rings. The standard InChI is InChI=1S/C25H22FN3O2S/c1-31-23-14-22-18(13-20(23)26)19(24(28-22)15-6-3-2-4-7-15)12-16-8-5-9-21(27-16)25(30)29-32-17-10-11-17/h2-9,13-14,17,28H,10-12H2,1H3,(H,29,30). The van der Waals surface area contributed by atoms with Gasteiger partial charge in [0.05, 0.1) is 18.3 Å². The number of H-pyrrole nitrogens is 1. The minimum atomic E-state index is -0.418. The van der Waals surface area contributed by atoms with E-state index in [2.05, 4.69) is 14.7 Å². The van der Waals surface area contributed by atoms with Crippen LogP contribution in [-0.2, 0) is 6.42 Å². The number of hydrogen-bond acceptors (Lipinski definition) is 4. The van der Waals surface area contributed by atoms with Gasteiger partial charge in [-0.25, -0.2) is 9.37 Å². The van der Waals surface area contributed by atoms with Crippen LogP contribution in [0.1, 0.15) is 34.6 Å². The Kier molecular flexibility index (Phi) is 5.57. The number of benzene rings is 2. The summed E-state index contributed by atoms with van der Waals surface area (Å²) in [6, 6.07) is 18.5. The molecule has 0 aliphatic heterocycles. The summed E-state index contributed by atoms with van der Waals surface area (Å²) < 4.78 is 22.6. The zero-order valence-corrected chi connectivity index (χ0v) is 18.3. The molecule has 1 saturated carbocycles. The van der Waals surface area contributed by atoms with Crippen LogP contribution in [0.3, 0.4) is 0 Å². The Hall–Kier alpha value is -3.32. The van der Waals surface area contributed by atoms with E-state index in [9.17, 15) is 9.18 Å². The maximum Gasteiger partial charge on any atom is 0.279 e. The first-order valence-corrected chi connectivity index (χ1v) is 11.4. The monoisotopic (exact) mass is 447 g/mol. The first-order valence-electron chi connectivity index (χ1n) is 10.5. The molecule has 0 bridgehead atoms. The zero-order valence-electron chi connectivity index (χ0n) is 17.5. The number of amides is 1. The molecule has 162 valence electrons. The molecule has 2 N–H and O–H groups in total. The SMILES string of the molecule is COc1cc2[nH]c(-c3ccccc3)c(Cc3cccc(C(=O)NSC4CC4)n3)c2cc1F. The van der Waals surface area contributed by atoms with Crippen LogP contribution >= 0.6 is 11.9 Å². The second-order valence-corrected chi connectivity index (χ2v) is 8.92. The Balaban J connectivity index is 1.53. The van der Waals surface area contributed by atoms with Gasteiger partial charge in [0.2, 0.25) is 0 Å². The van der Waals surface area contributed by atoms with Crippen molar-refractivity contribution in [3.05, 3.63) is 83.4 Å². The molecule has 1 amide bonds. The lowest BCUT2D eigenvalue weighted by Crippen LogP contribution is -2.18. The van der Waals surface area contributed by atoms with Crippen molar-refractivity contribution in [3.8, 4) is 17.0 Å². The smallest absolute Gasteiger partial charge is 0.279 e. The lowest BCUT2D eigenvalue weighted by atomic mass is 10.0. The number of ether oxygens (including phenoxy) is 1. The predicted molar refractivity (Wildman–Crippen MR) is 125 cm³/mol. The van der Waals surface area contributed by atoms with Gasteiger partial charge in [0.1, 0.15) is 5.69 Å². The van der Waals surface area contributed by atoms with Crippen molar-refractivity contribution in [2.75, 3.05) is 7.11 Å². The summed E-state index contributed by atoms with van der Waals surface area (Å²) in [6.07, 6.45) is 2.73. The highest BCUT2D eigenvalue weighted by Gasteiger charge is 2.24. The van der Waals surface area contributed by atoms with Gasteiger partial charge in [0.15, 0.2) is 11.6 Å². The van der Waals surface area contributed by atoms with Crippen molar-refractivity contribution >= 4 is 28.8 Å². The molecule has 2 aromatic carbocycles. The summed E-state index contributed by atoms with van der Waals surface area (Å²) in [5.41, 5.74) is 4.71. The van der Waals surface area contributed by atoms with Crippen LogP contribution in [0.4, 0.5) is 4.39 Å². The minimum Gasteiger partial charge on any atom is -0.494 e. The molecule has 5 rings (SSSR count). The van der Waals surface area contributed by atoms with Crippen molar-refractivity contribution < 1.29 is 13.9 Å². The van der Waals surface area contributed by atoms with Crippen molar-refractivity contribution in [2.24, 2.45) is 0 Å². The first kappa shape index (κ1) is 20.6. The summed E-state index contributed by atoms with van der Waals surface area (Å²) in [7, 11) is 1.45. The molecular formula is C25H22FN3O2S. The van der Waals surface area contributed by atoms with Gasteiger partial charge < -0.3 is 9.72 Å². The van der Waals surface area contributed by atoms with Gasteiger partial charge in [-0.05, 0) is 54.1 Å². The van der Waals surface area contributed by atoms with Gasteiger partial charge in [-0.15, -0.1) is 0 Å². The van der Waals surface area contributed by atoms with Crippen molar-refractivity contribution in [2.45, 2.75) is 24.5 Å². The fourth-order valence-corrected chi connectivity index (χ4v) is 4.45. The summed E-state index contributed by atoms with van der Waals surface area (Å²) >= 11 is 1.47. The van der Waals surface area contributed by atoms with E-state index < -0.39 is 5.82 Å². The molecule has 0 radical (unpaired) electrons. The first-order chi connectivity index (χ1) is 15.6. The van der Waals surface area contributed by atoms with Crippen molar-refractivity contribution in [1.29, 1.82) is 0 Å². The molecule has 0 unspecified atom stereocenters. The van der Waals surface area contributed by atoms with Crippen LogP contribution in [-0.4, -0.2) is 28.2 Å². The third kappa shape index (κ3) is 4.21. The summed E-state index contributed by atoms with van der Waals surface area (Å²) in [5.74, 6) is -0.422.